The number of nitrogens with zero attached hydrogens (tertiary/aromatic N) is 1. The Morgan fingerprint density at radius 2 is 1.82 bits per heavy atom. The molecule has 2 heterocycles. The van der Waals surface area contributed by atoms with Crippen molar-refractivity contribution in [2.24, 2.45) is 0 Å². The van der Waals surface area contributed by atoms with E-state index < -0.39 is 6.64 Å². The molecule has 0 saturated carbocycles. The predicted octanol–water partition coefficient (Wildman–Crippen LogP) is 2.92. The second-order valence-corrected chi connectivity index (χ2v) is 10.0. The van der Waals surface area contributed by atoms with Crippen LogP contribution < -0.4 is 0 Å². The van der Waals surface area contributed by atoms with Gasteiger partial charge in [-0.3, -0.25) is 0 Å². The minimum absolute atomic E-state index is 0.686. The van der Waals surface area contributed by atoms with Gasteiger partial charge in [0.05, 0.1) is 0 Å². The molecule has 4 nitrogen and oxygen atoms in total. The average Bonchev–Trinajstić information content (AvgIpc) is 2.86. The van der Waals surface area contributed by atoms with Crippen LogP contribution in [0.5, 0.6) is 0 Å². The Hall–Kier alpha value is -0.160. The predicted molar refractivity (Wildman–Crippen MR) is 69.7 cm³/mol. The van der Waals surface area contributed by atoms with Gasteiger partial charge in [0.15, 0.2) is 0 Å². The zero-order valence-electron chi connectivity index (χ0n) is 9.74. The van der Waals surface area contributed by atoms with Crippen LogP contribution in [0, 0.1) is 0 Å². The van der Waals surface area contributed by atoms with Gasteiger partial charge in [-0.25, -0.2) is 0 Å². The Bertz CT molecular complexity index is 406. The molecule has 0 atom stereocenters. The van der Waals surface area contributed by atoms with Gasteiger partial charge in [0.2, 0.25) is 0 Å². The molecule has 2 saturated heterocycles. The van der Waals surface area contributed by atoms with Crippen molar-refractivity contribution in [3.8, 4) is 0 Å². The van der Waals surface area contributed by atoms with Crippen molar-refractivity contribution in [1.29, 1.82) is 0 Å². The fraction of sp³-hybridized carbons (Fsp3) is 0.455. The second kappa shape index (κ2) is 4.19. The third kappa shape index (κ3) is 1.73. The molecule has 1 aromatic carbocycles. The standard InChI is InChI=1S/C11H16NO3PS/c1-13-16(17-11-5-3-2-4-6-11)12(7-9-14-16)8-10-15-16/h2-6H,7-10H2,1H3. The molecule has 0 bridgehead atoms. The molecule has 2 aliphatic rings. The molecule has 94 valence electrons. The quantitative estimate of drug-likeness (QED) is 0.790. The Balaban J connectivity index is 1.97. The Morgan fingerprint density at radius 1 is 1.18 bits per heavy atom. The summed E-state index contributed by atoms with van der Waals surface area (Å²) in [6.45, 7) is 0.0674. The van der Waals surface area contributed by atoms with Gasteiger partial charge in [-0.05, 0) is 0 Å². The third-order valence-corrected chi connectivity index (χ3v) is 10.4. The number of hydrogen-bond donors (Lipinski definition) is 0. The molecular formula is C11H16NO3PS. The molecule has 0 aromatic heterocycles. The summed E-state index contributed by atoms with van der Waals surface area (Å²) in [4.78, 5) is 1.13. The van der Waals surface area contributed by atoms with Crippen LogP contribution >= 0.6 is 18.0 Å². The zero-order valence-corrected chi connectivity index (χ0v) is 11.5. The van der Waals surface area contributed by atoms with Crippen LogP contribution in [0.3, 0.4) is 0 Å². The first-order valence-electron chi connectivity index (χ1n) is 5.66. The van der Waals surface area contributed by atoms with Gasteiger partial charge in [-0.15, -0.1) is 0 Å². The normalized spacial score (nSPS) is 28.4. The topological polar surface area (TPSA) is 30.9 Å². The zero-order chi connectivity index (χ0) is 11.8. The van der Waals surface area contributed by atoms with E-state index in [1.54, 1.807) is 18.5 Å². The molecular weight excluding hydrogens is 257 g/mol. The first kappa shape index (κ1) is 11.9. The SMILES string of the molecule is COP12(Sc3ccccc3)OCCN1CCO2. The van der Waals surface area contributed by atoms with Crippen molar-refractivity contribution in [3.63, 3.8) is 0 Å². The minimum atomic E-state index is -3.09. The van der Waals surface area contributed by atoms with Crippen molar-refractivity contribution in [2.75, 3.05) is 33.4 Å². The van der Waals surface area contributed by atoms with Gasteiger partial charge in [-0.2, -0.15) is 0 Å². The van der Waals surface area contributed by atoms with Gasteiger partial charge in [0.1, 0.15) is 0 Å². The van der Waals surface area contributed by atoms with Crippen LogP contribution in [-0.4, -0.2) is 38.1 Å². The summed E-state index contributed by atoms with van der Waals surface area (Å²) in [5.74, 6) is 0. The van der Waals surface area contributed by atoms with Crippen molar-refractivity contribution in [3.05, 3.63) is 30.3 Å². The maximum absolute atomic E-state index is 5.98. The van der Waals surface area contributed by atoms with E-state index in [2.05, 4.69) is 16.8 Å². The van der Waals surface area contributed by atoms with Crippen LogP contribution in [-0.2, 0) is 13.6 Å². The summed E-state index contributed by atoms with van der Waals surface area (Å²) >= 11 is 1.61. The van der Waals surface area contributed by atoms with Crippen LogP contribution in [0.25, 0.3) is 0 Å². The second-order valence-electron chi connectivity index (χ2n) is 3.98. The Kier molecular flexibility index (Phi) is 2.94. The number of benzene rings is 1. The molecule has 17 heavy (non-hydrogen) atoms. The van der Waals surface area contributed by atoms with Gasteiger partial charge in [0.25, 0.3) is 0 Å². The molecule has 3 rings (SSSR count). The van der Waals surface area contributed by atoms with E-state index in [9.17, 15) is 0 Å². The third-order valence-electron chi connectivity index (χ3n) is 3.08. The summed E-state index contributed by atoms with van der Waals surface area (Å²) in [7, 11) is 1.69. The monoisotopic (exact) mass is 273 g/mol. The molecule has 0 aliphatic carbocycles. The number of rotatable bonds is 3. The number of fused-ring (bicyclic) bond motifs is 1. The molecule has 6 heteroatoms. The summed E-state index contributed by atoms with van der Waals surface area (Å²) in [6, 6.07) is 10.2. The van der Waals surface area contributed by atoms with Crippen LogP contribution in [0.15, 0.2) is 35.2 Å². The van der Waals surface area contributed by atoms with Gasteiger partial charge in [-0.1, -0.05) is 0 Å². The van der Waals surface area contributed by atoms with E-state index in [0.717, 1.165) is 18.0 Å². The number of hydrogen-bond acceptors (Lipinski definition) is 5. The van der Waals surface area contributed by atoms with Gasteiger partial charge >= 0.3 is 105 Å². The molecule has 0 amide bonds. The van der Waals surface area contributed by atoms with E-state index >= 15 is 0 Å². The van der Waals surface area contributed by atoms with Crippen LogP contribution in [0.4, 0.5) is 0 Å². The fourth-order valence-corrected chi connectivity index (χ4v) is 8.87. The van der Waals surface area contributed by atoms with E-state index in [-0.39, 0.29) is 0 Å². The van der Waals surface area contributed by atoms with E-state index in [1.807, 2.05) is 18.2 Å². The first-order valence-corrected chi connectivity index (χ1v) is 9.03. The first-order chi connectivity index (χ1) is 8.27. The molecule has 0 N–H and O–H groups in total. The van der Waals surface area contributed by atoms with Crippen molar-refractivity contribution in [1.82, 2.24) is 4.67 Å². The maximum atomic E-state index is 5.98. The molecule has 0 unspecified atom stereocenters. The molecule has 0 radical (unpaired) electrons. The summed E-state index contributed by atoms with van der Waals surface area (Å²) in [5, 5.41) is 0. The van der Waals surface area contributed by atoms with E-state index in [4.69, 9.17) is 13.6 Å². The molecule has 2 fully saturated rings. The summed E-state index contributed by atoms with van der Waals surface area (Å²) in [6.07, 6.45) is 0. The van der Waals surface area contributed by atoms with Gasteiger partial charge in [0, 0.05) is 0 Å². The Morgan fingerprint density at radius 3 is 2.41 bits per heavy atom. The van der Waals surface area contributed by atoms with Crippen molar-refractivity contribution < 1.29 is 13.6 Å². The molecule has 1 aromatic rings. The van der Waals surface area contributed by atoms with Crippen molar-refractivity contribution >= 4 is 18.0 Å². The van der Waals surface area contributed by atoms with E-state index in [0.29, 0.717) is 13.2 Å². The summed E-state index contributed by atoms with van der Waals surface area (Å²) < 4.78 is 20.0. The van der Waals surface area contributed by atoms with E-state index in [1.165, 1.54) is 0 Å². The Labute approximate surface area is 105 Å². The van der Waals surface area contributed by atoms with Crippen LogP contribution in [0.2, 0.25) is 0 Å². The fourth-order valence-electron chi connectivity index (χ4n) is 2.26. The summed E-state index contributed by atoms with van der Waals surface area (Å²) in [5.41, 5.74) is 0. The van der Waals surface area contributed by atoms with Crippen molar-refractivity contribution in [2.45, 2.75) is 4.90 Å². The molecule has 0 spiro atoms. The van der Waals surface area contributed by atoms with Crippen LogP contribution in [0.1, 0.15) is 0 Å². The average molecular weight is 273 g/mol. The van der Waals surface area contributed by atoms with Gasteiger partial charge < -0.3 is 0 Å². The molecule has 2 aliphatic heterocycles.